The predicted octanol–water partition coefficient (Wildman–Crippen LogP) is 2.00. The van der Waals surface area contributed by atoms with Gasteiger partial charge >= 0.3 is 6.09 Å². The number of hydrogen-bond donors (Lipinski definition) is 1. The number of rotatable bonds is 1. The maximum atomic E-state index is 10.8. The zero-order valence-corrected chi connectivity index (χ0v) is 9.90. The molecule has 4 heteroatoms. The lowest BCUT2D eigenvalue weighted by atomic mass is 10.1. The van der Waals surface area contributed by atoms with Gasteiger partial charge in [0.25, 0.3) is 0 Å². The Morgan fingerprint density at radius 2 is 1.50 bits per heavy atom. The Labute approximate surface area is 97.2 Å². The molecule has 0 radical (unpaired) electrons. The van der Waals surface area contributed by atoms with Crippen LogP contribution >= 0.6 is 0 Å². The molecule has 2 fully saturated rings. The van der Waals surface area contributed by atoms with Gasteiger partial charge in [0.1, 0.15) is 0 Å². The van der Waals surface area contributed by atoms with E-state index in [4.69, 9.17) is 5.11 Å². The molecule has 0 unspecified atom stereocenters. The highest BCUT2D eigenvalue weighted by Gasteiger charge is 2.25. The molecule has 2 rings (SSSR count). The summed E-state index contributed by atoms with van der Waals surface area (Å²) in [7, 11) is 0. The van der Waals surface area contributed by atoms with E-state index < -0.39 is 6.09 Å². The van der Waals surface area contributed by atoms with E-state index in [1.54, 1.807) is 0 Å². The third-order valence-electron chi connectivity index (χ3n) is 3.93. The van der Waals surface area contributed by atoms with Crippen molar-refractivity contribution in [3.8, 4) is 0 Å². The zero-order chi connectivity index (χ0) is 11.4. The molecule has 0 atom stereocenters. The van der Waals surface area contributed by atoms with Crippen molar-refractivity contribution in [1.29, 1.82) is 0 Å². The molecular weight excluding hydrogens is 204 g/mol. The third-order valence-corrected chi connectivity index (χ3v) is 3.93. The number of piperazine rings is 1. The Morgan fingerprint density at radius 3 is 2.00 bits per heavy atom. The molecule has 1 N–H and O–H groups in total. The molecule has 1 aliphatic heterocycles. The van der Waals surface area contributed by atoms with E-state index in [1.165, 1.54) is 43.4 Å². The van der Waals surface area contributed by atoms with Gasteiger partial charge in [-0.25, -0.2) is 4.79 Å². The predicted molar refractivity (Wildman–Crippen MR) is 62.7 cm³/mol. The van der Waals surface area contributed by atoms with E-state index in [0.29, 0.717) is 13.1 Å². The normalized spacial score (nSPS) is 25.4. The van der Waals surface area contributed by atoms with Gasteiger partial charge in [0.2, 0.25) is 0 Å². The summed E-state index contributed by atoms with van der Waals surface area (Å²) >= 11 is 0. The Morgan fingerprint density at radius 1 is 0.938 bits per heavy atom. The SMILES string of the molecule is O=C(O)N1CCN(C2CCCCCC2)CC1. The number of hydrogen-bond acceptors (Lipinski definition) is 2. The van der Waals surface area contributed by atoms with Crippen LogP contribution in [0.2, 0.25) is 0 Å². The van der Waals surface area contributed by atoms with E-state index in [0.717, 1.165) is 19.1 Å². The third kappa shape index (κ3) is 2.88. The molecule has 1 saturated heterocycles. The molecule has 0 aromatic carbocycles. The van der Waals surface area contributed by atoms with E-state index in [9.17, 15) is 4.79 Å². The molecule has 4 nitrogen and oxygen atoms in total. The average Bonchev–Trinajstić information content (AvgIpc) is 2.57. The largest absolute Gasteiger partial charge is 0.465 e. The van der Waals surface area contributed by atoms with Gasteiger partial charge in [0, 0.05) is 32.2 Å². The van der Waals surface area contributed by atoms with Crippen molar-refractivity contribution in [3.05, 3.63) is 0 Å². The molecule has 0 spiro atoms. The van der Waals surface area contributed by atoms with Crippen LogP contribution in [0.25, 0.3) is 0 Å². The van der Waals surface area contributed by atoms with Gasteiger partial charge in [-0.2, -0.15) is 0 Å². The lowest BCUT2D eigenvalue weighted by Gasteiger charge is -2.38. The summed E-state index contributed by atoms with van der Waals surface area (Å²) in [5, 5.41) is 8.89. The second-order valence-corrected chi connectivity index (χ2v) is 4.95. The first kappa shape index (κ1) is 11.7. The Kier molecular flexibility index (Phi) is 4.04. The van der Waals surface area contributed by atoms with Crippen LogP contribution in [0.5, 0.6) is 0 Å². The lowest BCUT2D eigenvalue weighted by Crippen LogP contribution is -2.51. The van der Waals surface area contributed by atoms with Gasteiger partial charge < -0.3 is 10.0 Å². The minimum Gasteiger partial charge on any atom is -0.465 e. The van der Waals surface area contributed by atoms with Crippen LogP contribution in [-0.4, -0.2) is 53.2 Å². The van der Waals surface area contributed by atoms with Gasteiger partial charge in [-0.3, -0.25) is 4.90 Å². The van der Waals surface area contributed by atoms with Gasteiger partial charge in [-0.1, -0.05) is 25.7 Å². The highest BCUT2D eigenvalue weighted by atomic mass is 16.4. The van der Waals surface area contributed by atoms with E-state index in [2.05, 4.69) is 4.90 Å². The molecular formula is C12H22N2O2. The van der Waals surface area contributed by atoms with Crippen LogP contribution in [0, 0.1) is 0 Å². The molecule has 1 aliphatic carbocycles. The van der Waals surface area contributed by atoms with Crippen molar-refractivity contribution in [2.45, 2.75) is 44.6 Å². The quantitative estimate of drug-likeness (QED) is 0.695. The first-order valence-corrected chi connectivity index (χ1v) is 6.49. The molecule has 0 aromatic rings. The van der Waals surface area contributed by atoms with E-state index >= 15 is 0 Å². The number of nitrogens with zero attached hydrogens (tertiary/aromatic N) is 2. The molecule has 0 bridgehead atoms. The molecule has 0 aromatic heterocycles. The second-order valence-electron chi connectivity index (χ2n) is 4.95. The van der Waals surface area contributed by atoms with Crippen molar-refractivity contribution in [1.82, 2.24) is 9.80 Å². The van der Waals surface area contributed by atoms with E-state index in [1.807, 2.05) is 0 Å². The Balaban J connectivity index is 1.81. The smallest absolute Gasteiger partial charge is 0.407 e. The first-order chi connectivity index (χ1) is 7.77. The molecule has 92 valence electrons. The summed E-state index contributed by atoms with van der Waals surface area (Å²) in [5.41, 5.74) is 0. The van der Waals surface area contributed by atoms with Gasteiger partial charge in [-0.15, -0.1) is 0 Å². The van der Waals surface area contributed by atoms with Crippen molar-refractivity contribution >= 4 is 6.09 Å². The summed E-state index contributed by atoms with van der Waals surface area (Å²) in [6.45, 7) is 3.23. The number of carbonyl (C=O) groups is 1. The molecule has 16 heavy (non-hydrogen) atoms. The van der Waals surface area contributed by atoms with Gasteiger partial charge in [0.05, 0.1) is 0 Å². The lowest BCUT2D eigenvalue weighted by molar-refractivity contribution is 0.0804. The molecule has 2 aliphatic rings. The molecule has 1 amide bonds. The van der Waals surface area contributed by atoms with Crippen LogP contribution < -0.4 is 0 Å². The first-order valence-electron chi connectivity index (χ1n) is 6.49. The minimum atomic E-state index is -0.763. The van der Waals surface area contributed by atoms with Crippen molar-refractivity contribution in [3.63, 3.8) is 0 Å². The monoisotopic (exact) mass is 226 g/mol. The number of carboxylic acid groups (broad SMARTS) is 1. The summed E-state index contributed by atoms with van der Waals surface area (Å²) in [6, 6.07) is 0.721. The van der Waals surface area contributed by atoms with Crippen LogP contribution in [0.3, 0.4) is 0 Å². The summed E-state index contributed by atoms with van der Waals surface area (Å²) in [5.74, 6) is 0. The Hall–Kier alpha value is -0.770. The van der Waals surface area contributed by atoms with Crippen LogP contribution in [0.4, 0.5) is 4.79 Å². The fourth-order valence-electron chi connectivity index (χ4n) is 2.90. The highest BCUT2D eigenvalue weighted by Crippen LogP contribution is 2.22. The number of amides is 1. The zero-order valence-electron chi connectivity index (χ0n) is 9.90. The van der Waals surface area contributed by atoms with Crippen molar-refractivity contribution < 1.29 is 9.90 Å². The molecule has 1 heterocycles. The van der Waals surface area contributed by atoms with Crippen LogP contribution in [-0.2, 0) is 0 Å². The summed E-state index contributed by atoms with van der Waals surface area (Å²) in [4.78, 5) is 14.8. The fraction of sp³-hybridized carbons (Fsp3) is 0.917. The molecule has 1 saturated carbocycles. The van der Waals surface area contributed by atoms with Gasteiger partial charge in [-0.05, 0) is 12.8 Å². The van der Waals surface area contributed by atoms with Crippen molar-refractivity contribution in [2.75, 3.05) is 26.2 Å². The maximum absolute atomic E-state index is 10.8. The summed E-state index contributed by atoms with van der Waals surface area (Å²) < 4.78 is 0. The van der Waals surface area contributed by atoms with Gasteiger partial charge in [0.15, 0.2) is 0 Å². The average molecular weight is 226 g/mol. The Bertz CT molecular complexity index is 229. The van der Waals surface area contributed by atoms with Crippen LogP contribution in [0.15, 0.2) is 0 Å². The topological polar surface area (TPSA) is 43.8 Å². The minimum absolute atomic E-state index is 0.686. The maximum Gasteiger partial charge on any atom is 0.407 e. The second kappa shape index (κ2) is 5.53. The summed E-state index contributed by atoms with van der Waals surface area (Å²) in [6.07, 6.45) is 7.32. The van der Waals surface area contributed by atoms with E-state index in [-0.39, 0.29) is 0 Å². The highest BCUT2D eigenvalue weighted by molar-refractivity contribution is 5.65. The van der Waals surface area contributed by atoms with Crippen molar-refractivity contribution in [2.24, 2.45) is 0 Å². The standard InChI is InChI=1S/C12H22N2O2/c15-12(16)14-9-7-13(8-10-14)11-5-3-1-2-4-6-11/h11H,1-10H2,(H,15,16). The van der Waals surface area contributed by atoms with Crippen LogP contribution in [0.1, 0.15) is 38.5 Å². The fourth-order valence-corrected chi connectivity index (χ4v) is 2.90.